The third-order valence-electron chi connectivity index (χ3n) is 7.63. The molecule has 6 rings (SSSR count). The van der Waals surface area contributed by atoms with Gasteiger partial charge in [0.2, 0.25) is 11.8 Å². The van der Waals surface area contributed by atoms with Gasteiger partial charge >= 0.3 is 0 Å². The Kier molecular flexibility index (Phi) is 4.63. The monoisotopic (exact) mass is 399 g/mol. The summed E-state index contributed by atoms with van der Waals surface area (Å²) in [6.07, 6.45) is 9.68. The number of piperidine rings is 1. The van der Waals surface area contributed by atoms with E-state index in [0.29, 0.717) is 43.0 Å². The molecule has 7 nitrogen and oxygen atoms in total. The number of furan rings is 1. The Morgan fingerprint density at radius 2 is 1.72 bits per heavy atom. The van der Waals surface area contributed by atoms with Crippen LogP contribution in [0.25, 0.3) is 0 Å². The molecule has 5 aliphatic rings. The van der Waals surface area contributed by atoms with Crippen molar-refractivity contribution in [3.8, 4) is 0 Å². The number of rotatable bonds is 3. The highest BCUT2D eigenvalue weighted by atomic mass is 16.3. The van der Waals surface area contributed by atoms with Crippen LogP contribution in [0.1, 0.15) is 61.9 Å². The van der Waals surface area contributed by atoms with E-state index in [-0.39, 0.29) is 29.1 Å². The summed E-state index contributed by atoms with van der Waals surface area (Å²) in [6.45, 7) is 0.960. The summed E-state index contributed by atoms with van der Waals surface area (Å²) in [5.41, 5.74) is 5.14. The maximum absolute atomic E-state index is 13.0. The van der Waals surface area contributed by atoms with Crippen LogP contribution in [0.4, 0.5) is 0 Å². The Labute approximate surface area is 170 Å². The van der Waals surface area contributed by atoms with Gasteiger partial charge in [-0.1, -0.05) is 0 Å². The first-order valence-corrected chi connectivity index (χ1v) is 11.0. The topological polar surface area (TPSA) is 91.7 Å². The molecule has 2 N–H and O–H groups in total. The van der Waals surface area contributed by atoms with E-state index < -0.39 is 0 Å². The van der Waals surface area contributed by atoms with Crippen molar-refractivity contribution in [2.75, 3.05) is 13.1 Å². The summed E-state index contributed by atoms with van der Waals surface area (Å²) >= 11 is 0. The highest BCUT2D eigenvalue weighted by Gasteiger charge is 2.54. The van der Waals surface area contributed by atoms with Gasteiger partial charge in [-0.15, -0.1) is 0 Å². The molecule has 1 unspecified atom stereocenters. The lowest BCUT2D eigenvalue weighted by Gasteiger charge is -2.55. The van der Waals surface area contributed by atoms with E-state index in [9.17, 15) is 14.4 Å². The average Bonchev–Trinajstić information content (AvgIpc) is 3.25. The van der Waals surface area contributed by atoms with Gasteiger partial charge in [0, 0.05) is 13.1 Å². The summed E-state index contributed by atoms with van der Waals surface area (Å²) in [6, 6.07) is 3.32. The minimum atomic E-state index is -0.320. The minimum Gasteiger partial charge on any atom is -0.459 e. The number of likely N-dealkylation sites (tertiary alicyclic amines) is 1. The van der Waals surface area contributed by atoms with Gasteiger partial charge in [0.1, 0.15) is 0 Å². The zero-order valence-electron chi connectivity index (χ0n) is 16.7. The van der Waals surface area contributed by atoms with E-state index in [2.05, 4.69) is 10.9 Å². The molecule has 1 aromatic rings. The zero-order valence-corrected chi connectivity index (χ0v) is 16.7. The molecule has 1 saturated heterocycles. The van der Waals surface area contributed by atoms with Gasteiger partial charge in [0.15, 0.2) is 5.76 Å². The number of hydrogen-bond donors (Lipinski definition) is 2. The molecule has 5 fully saturated rings. The lowest BCUT2D eigenvalue weighted by molar-refractivity contribution is -0.149. The van der Waals surface area contributed by atoms with Gasteiger partial charge < -0.3 is 9.32 Å². The zero-order chi connectivity index (χ0) is 20.0. The van der Waals surface area contributed by atoms with Gasteiger partial charge in [-0.25, -0.2) is 0 Å². The number of nitrogens with zero attached hydrogens (tertiary/aromatic N) is 1. The quantitative estimate of drug-likeness (QED) is 0.764. The molecular weight excluding hydrogens is 370 g/mol. The van der Waals surface area contributed by atoms with Crippen LogP contribution in [-0.4, -0.2) is 35.7 Å². The van der Waals surface area contributed by atoms with Gasteiger partial charge in [-0.2, -0.15) is 0 Å². The maximum Gasteiger partial charge on any atom is 0.289 e. The van der Waals surface area contributed by atoms with E-state index in [1.54, 1.807) is 17.0 Å². The third kappa shape index (κ3) is 3.45. The molecule has 0 radical (unpaired) electrons. The third-order valence-corrected chi connectivity index (χ3v) is 7.63. The molecule has 1 aromatic heterocycles. The van der Waals surface area contributed by atoms with Crippen molar-refractivity contribution in [3.63, 3.8) is 0 Å². The number of hydrazine groups is 1. The SMILES string of the molecule is O=C(NNC(=O)C12CC3CC(CC(C3)C1)C2)C1CCCN(C(=O)c2ccco2)C1. The van der Waals surface area contributed by atoms with Gasteiger partial charge in [0.25, 0.3) is 5.91 Å². The molecule has 29 heavy (non-hydrogen) atoms. The molecule has 0 aromatic carbocycles. The average molecular weight is 399 g/mol. The van der Waals surface area contributed by atoms with Crippen LogP contribution < -0.4 is 10.9 Å². The van der Waals surface area contributed by atoms with Crippen molar-refractivity contribution in [1.29, 1.82) is 0 Å². The van der Waals surface area contributed by atoms with Crippen molar-refractivity contribution in [2.45, 2.75) is 51.4 Å². The molecular formula is C22H29N3O4. The summed E-state index contributed by atoms with van der Waals surface area (Å²) in [7, 11) is 0. The molecule has 1 atom stereocenters. The highest BCUT2D eigenvalue weighted by molar-refractivity contribution is 5.92. The van der Waals surface area contributed by atoms with Crippen LogP contribution in [0.5, 0.6) is 0 Å². The van der Waals surface area contributed by atoms with Crippen LogP contribution in [0.2, 0.25) is 0 Å². The van der Waals surface area contributed by atoms with Crippen LogP contribution in [0.15, 0.2) is 22.8 Å². The summed E-state index contributed by atoms with van der Waals surface area (Å²) in [4.78, 5) is 39.9. The minimum absolute atomic E-state index is 0.00993. The Bertz CT molecular complexity index is 768. The molecule has 4 saturated carbocycles. The fraction of sp³-hybridized carbons (Fsp3) is 0.682. The van der Waals surface area contributed by atoms with Crippen molar-refractivity contribution in [2.24, 2.45) is 29.1 Å². The number of amides is 3. The first-order valence-electron chi connectivity index (χ1n) is 11.0. The Balaban J connectivity index is 1.17. The Morgan fingerprint density at radius 1 is 1.03 bits per heavy atom. The summed E-state index contributed by atoms with van der Waals surface area (Å²) in [5, 5.41) is 0. The largest absolute Gasteiger partial charge is 0.459 e. The van der Waals surface area contributed by atoms with Gasteiger partial charge in [0.05, 0.1) is 17.6 Å². The van der Waals surface area contributed by atoms with E-state index >= 15 is 0 Å². The van der Waals surface area contributed by atoms with Gasteiger partial charge in [-0.05, 0) is 81.3 Å². The number of hydrogen-bond acceptors (Lipinski definition) is 4. The van der Waals surface area contributed by atoms with E-state index in [0.717, 1.165) is 25.7 Å². The Hall–Kier alpha value is -2.31. The van der Waals surface area contributed by atoms with E-state index in [1.807, 2.05) is 0 Å². The normalized spacial score (nSPS) is 35.4. The summed E-state index contributed by atoms with van der Waals surface area (Å²) < 4.78 is 5.19. The summed E-state index contributed by atoms with van der Waals surface area (Å²) in [5.74, 6) is 1.61. The van der Waals surface area contributed by atoms with Crippen molar-refractivity contribution in [3.05, 3.63) is 24.2 Å². The second-order valence-electron chi connectivity index (χ2n) is 9.71. The second kappa shape index (κ2) is 7.18. The molecule has 3 amide bonds. The Morgan fingerprint density at radius 3 is 2.34 bits per heavy atom. The van der Waals surface area contributed by atoms with Crippen LogP contribution in [-0.2, 0) is 9.59 Å². The molecule has 4 aliphatic carbocycles. The van der Waals surface area contributed by atoms with Crippen molar-refractivity contribution >= 4 is 17.7 Å². The smallest absolute Gasteiger partial charge is 0.289 e. The van der Waals surface area contributed by atoms with Crippen molar-refractivity contribution < 1.29 is 18.8 Å². The molecule has 0 spiro atoms. The predicted molar refractivity (Wildman–Crippen MR) is 104 cm³/mol. The first kappa shape index (κ1) is 18.7. The van der Waals surface area contributed by atoms with E-state index in [4.69, 9.17) is 4.42 Å². The molecule has 4 bridgehead atoms. The molecule has 1 aliphatic heterocycles. The van der Waals surface area contributed by atoms with Crippen LogP contribution in [0, 0.1) is 29.1 Å². The van der Waals surface area contributed by atoms with Crippen LogP contribution >= 0.6 is 0 Å². The fourth-order valence-electron chi connectivity index (χ4n) is 6.67. The standard InChI is InChI=1S/C22H29N3O4/c26-19(17-3-1-5-25(13-17)20(27)18-4-2-6-29-18)23-24-21(28)22-10-14-7-15(11-22)9-16(8-14)12-22/h2,4,6,14-17H,1,3,5,7-13H2,(H,23,26)(H,24,28). The second-order valence-corrected chi connectivity index (χ2v) is 9.71. The van der Waals surface area contributed by atoms with Gasteiger partial charge in [-0.3, -0.25) is 25.2 Å². The lowest BCUT2D eigenvalue weighted by Crippen LogP contribution is -2.58. The van der Waals surface area contributed by atoms with Crippen LogP contribution in [0.3, 0.4) is 0 Å². The molecule has 156 valence electrons. The van der Waals surface area contributed by atoms with E-state index in [1.165, 1.54) is 25.5 Å². The first-order chi connectivity index (χ1) is 14.0. The van der Waals surface area contributed by atoms with Crippen molar-refractivity contribution in [1.82, 2.24) is 15.8 Å². The molecule has 7 heteroatoms. The predicted octanol–water partition coefficient (Wildman–Crippen LogP) is 2.50. The lowest BCUT2D eigenvalue weighted by atomic mass is 9.49. The highest BCUT2D eigenvalue weighted by Crippen LogP contribution is 2.60. The number of carbonyl (C=O) groups excluding carboxylic acids is 3. The maximum atomic E-state index is 13.0. The fourth-order valence-corrected chi connectivity index (χ4v) is 6.67. The number of nitrogens with one attached hydrogen (secondary N) is 2. The molecule has 2 heterocycles. The number of carbonyl (C=O) groups is 3.